The van der Waals surface area contributed by atoms with Crippen molar-refractivity contribution in [1.82, 2.24) is 15.2 Å². The highest BCUT2D eigenvalue weighted by atomic mass is 32.1. The molecule has 0 unspecified atom stereocenters. The number of aromatic nitrogens is 1. The zero-order valence-corrected chi connectivity index (χ0v) is 16.1. The first-order valence-electron chi connectivity index (χ1n) is 8.94. The molecular formula is C19H20F3N3O2S. The zero-order chi connectivity index (χ0) is 20.3. The van der Waals surface area contributed by atoms with E-state index in [0.717, 1.165) is 24.0 Å². The number of hydrogen-bond donors (Lipinski definition) is 1. The Morgan fingerprint density at radius 2 is 1.96 bits per heavy atom. The van der Waals surface area contributed by atoms with Crippen LogP contribution < -0.4 is 5.32 Å². The van der Waals surface area contributed by atoms with Crippen molar-refractivity contribution in [2.24, 2.45) is 0 Å². The minimum atomic E-state index is -4.93. The van der Waals surface area contributed by atoms with Crippen molar-refractivity contribution in [2.45, 2.75) is 38.4 Å². The number of hydrogen-bond acceptors (Lipinski definition) is 4. The minimum absolute atomic E-state index is 0.222. The SMILES string of the molecule is Cc1ccc(-c2csc(C(=O)N3CCCC[C@H]3CNC(=O)C(F)(F)F)n2)cc1. The summed E-state index contributed by atoms with van der Waals surface area (Å²) in [5.74, 6) is -2.30. The molecule has 1 fully saturated rings. The molecular weight excluding hydrogens is 391 g/mol. The fourth-order valence-electron chi connectivity index (χ4n) is 3.14. The van der Waals surface area contributed by atoms with E-state index in [1.165, 1.54) is 16.2 Å². The molecule has 28 heavy (non-hydrogen) atoms. The Kier molecular flexibility index (Phi) is 6.02. The Balaban J connectivity index is 1.71. The van der Waals surface area contributed by atoms with Crippen LogP contribution >= 0.6 is 11.3 Å². The van der Waals surface area contributed by atoms with Crippen LogP contribution in [0.3, 0.4) is 0 Å². The summed E-state index contributed by atoms with van der Waals surface area (Å²) in [6, 6.07) is 7.30. The second kappa shape index (κ2) is 8.30. The van der Waals surface area contributed by atoms with Crippen LogP contribution in [0.25, 0.3) is 11.3 Å². The summed E-state index contributed by atoms with van der Waals surface area (Å²) in [5.41, 5.74) is 2.70. The maximum absolute atomic E-state index is 12.9. The van der Waals surface area contributed by atoms with Crippen molar-refractivity contribution in [2.75, 3.05) is 13.1 Å². The summed E-state index contributed by atoms with van der Waals surface area (Å²) in [4.78, 5) is 29.9. The number of rotatable bonds is 4. The van der Waals surface area contributed by atoms with Crippen molar-refractivity contribution in [3.05, 3.63) is 40.2 Å². The van der Waals surface area contributed by atoms with E-state index in [1.54, 1.807) is 5.38 Å². The molecule has 1 aliphatic rings. The second-order valence-corrected chi connectivity index (χ2v) is 7.62. The second-order valence-electron chi connectivity index (χ2n) is 6.76. The average Bonchev–Trinajstić information content (AvgIpc) is 3.15. The number of aryl methyl sites for hydroxylation is 1. The summed E-state index contributed by atoms with van der Waals surface area (Å²) >= 11 is 1.21. The fourth-order valence-corrected chi connectivity index (χ4v) is 3.92. The van der Waals surface area contributed by atoms with E-state index in [0.29, 0.717) is 23.7 Å². The molecule has 1 aromatic heterocycles. The number of nitrogens with one attached hydrogen (secondary N) is 1. The van der Waals surface area contributed by atoms with E-state index in [4.69, 9.17) is 0 Å². The fraction of sp³-hybridized carbons (Fsp3) is 0.421. The molecule has 0 saturated carbocycles. The number of piperidine rings is 1. The highest BCUT2D eigenvalue weighted by Gasteiger charge is 2.39. The van der Waals surface area contributed by atoms with Gasteiger partial charge in [-0.25, -0.2) is 4.98 Å². The molecule has 0 bridgehead atoms. The molecule has 2 amide bonds. The number of amides is 2. The summed E-state index contributed by atoms with van der Waals surface area (Å²) < 4.78 is 37.2. The lowest BCUT2D eigenvalue weighted by atomic mass is 10.0. The van der Waals surface area contributed by atoms with E-state index in [9.17, 15) is 22.8 Å². The monoisotopic (exact) mass is 411 g/mol. The van der Waals surface area contributed by atoms with Crippen LogP contribution in [0, 0.1) is 6.92 Å². The smallest absolute Gasteiger partial charge is 0.346 e. The first-order chi connectivity index (χ1) is 13.3. The van der Waals surface area contributed by atoms with Crippen molar-refractivity contribution in [3.63, 3.8) is 0 Å². The highest BCUT2D eigenvalue weighted by Crippen LogP contribution is 2.26. The molecule has 0 spiro atoms. The number of carbonyl (C=O) groups excluding carboxylic acids is 2. The summed E-state index contributed by atoms with van der Waals surface area (Å²) in [6.45, 7) is 2.19. The van der Waals surface area contributed by atoms with Gasteiger partial charge in [0.25, 0.3) is 5.91 Å². The molecule has 9 heteroatoms. The van der Waals surface area contributed by atoms with Gasteiger partial charge in [0.05, 0.1) is 5.69 Å². The van der Waals surface area contributed by atoms with Gasteiger partial charge >= 0.3 is 12.1 Å². The van der Waals surface area contributed by atoms with Gasteiger partial charge in [0.15, 0.2) is 5.01 Å². The molecule has 2 aromatic rings. The predicted octanol–water partition coefficient (Wildman–Crippen LogP) is 3.79. The maximum atomic E-state index is 12.9. The lowest BCUT2D eigenvalue weighted by Crippen LogP contribution is -2.51. The van der Waals surface area contributed by atoms with Gasteiger partial charge in [-0.1, -0.05) is 29.8 Å². The average molecular weight is 411 g/mol. The Hall–Kier alpha value is -2.42. The van der Waals surface area contributed by atoms with Gasteiger partial charge in [0, 0.05) is 30.1 Å². The summed E-state index contributed by atoms with van der Waals surface area (Å²) in [5, 5.41) is 3.98. The van der Waals surface area contributed by atoms with Gasteiger partial charge < -0.3 is 10.2 Å². The van der Waals surface area contributed by atoms with Crippen LogP contribution in [0.1, 0.15) is 34.6 Å². The van der Waals surface area contributed by atoms with Gasteiger partial charge in [-0.15, -0.1) is 11.3 Å². The molecule has 0 aliphatic carbocycles. The Morgan fingerprint density at radius 1 is 1.25 bits per heavy atom. The zero-order valence-electron chi connectivity index (χ0n) is 15.3. The third kappa shape index (κ3) is 4.70. The van der Waals surface area contributed by atoms with Crippen LogP contribution in [0.5, 0.6) is 0 Å². The minimum Gasteiger partial charge on any atom is -0.346 e. The molecule has 1 saturated heterocycles. The van der Waals surface area contributed by atoms with Gasteiger partial charge in [0.1, 0.15) is 0 Å². The van der Waals surface area contributed by atoms with Crippen molar-refractivity contribution < 1.29 is 22.8 Å². The molecule has 5 nitrogen and oxygen atoms in total. The number of benzene rings is 1. The van der Waals surface area contributed by atoms with Crippen LogP contribution in [-0.2, 0) is 4.79 Å². The summed E-state index contributed by atoms with van der Waals surface area (Å²) in [7, 11) is 0. The van der Waals surface area contributed by atoms with E-state index >= 15 is 0 Å². The molecule has 1 atom stereocenters. The standard InChI is InChI=1S/C19H20F3N3O2S/c1-12-5-7-13(8-6-12)15-11-28-16(24-15)17(26)25-9-3-2-4-14(25)10-23-18(27)19(20,21)22/h5-8,11,14H,2-4,9-10H2,1H3,(H,23,27)/t14-/m0/s1. The van der Waals surface area contributed by atoms with E-state index in [1.807, 2.05) is 36.5 Å². The Labute approximate surface area is 164 Å². The topological polar surface area (TPSA) is 62.3 Å². The van der Waals surface area contributed by atoms with Gasteiger partial charge in [-0.05, 0) is 26.2 Å². The van der Waals surface area contributed by atoms with Gasteiger partial charge in [-0.2, -0.15) is 13.2 Å². The molecule has 1 aliphatic heterocycles. The lowest BCUT2D eigenvalue weighted by molar-refractivity contribution is -0.173. The molecule has 3 rings (SSSR count). The van der Waals surface area contributed by atoms with Crippen molar-refractivity contribution in [3.8, 4) is 11.3 Å². The van der Waals surface area contributed by atoms with Crippen LogP contribution in [-0.4, -0.2) is 47.0 Å². The number of thiazole rings is 1. The third-order valence-electron chi connectivity index (χ3n) is 4.68. The molecule has 1 aromatic carbocycles. The number of likely N-dealkylation sites (tertiary alicyclic amines) is 1. The van der Waals surface area contributed by atoms with E-state index in [2.05, 4.69) is 4.98 Å². The summed E-state index contributed by atoms with van der Waals surface area (Å²) in [6.07, 6.45) is -2.82. The molecule has 1 N–H and O–H groups in total. The lowest BCUT2D eigenvalue weighted by Gasteiger charge is -2.35. The number of carbonyl (C=O) groups is 2. The van der Waals surface area contributed by atoms with Crippen LogP contribution in [0.4, 0.5) is 13.2 Å². The normalized spacial score (nSPS) is 17.4. The first kappa shape index (κ1) is 20.3. The highest BCUT2D eigenvalue weighted by molar-refractivity contribution is 7.12. The number of halogens is 3. The number of alkyl halides is 3. The predicted molar refractivity (Wildman–Crippen MR) is 100 cm³/mol. The van der Waals surface area contributed by atoms with E-state index in [-0.39, 0.29) is 12.5 Å². The third-order valence-corrected chi connectivity index (χ3v) is 5.51. The van der Waals surface area contributed by atoms with Crippen molar-refractivity contribution >= 4 is 23.2 Å². The van der Waals surface area contributed by atoms with E-state index < -0.39 is 18.1 Å². The Bertz CT molecular complexity index is 849. The van der Waals surface area contributed by atoms with Gasteiger partial charge in [-0.3, -0.25) is 9.59 Å². The van der Waals surface area contributed by atoms with Gasteiger partial charge in [0.2, 0.25) is 0 Å². The number of nitrogens with zero attached hydrogens (tertiary/aromatic N) is 2. The molecule has 0 radical (unpaired) electrons. The van der Waals surface area contributed by atoms with Crippen LogP contribution in [0.15, 0.2) is 29.6 Å². The first-order valence-corrected chi connectivity index (χ1v) is 9.82. The van der Waals surface area contributed by atoms with Crippen molar-refractivity contribution in [1.29, 1.82) is 0 Å². The molecule has 150 valence electrons. The Morgan fingerprint density at radius 3 is 2.64 bits per heavy atom. The molecule has 2 heterocycles. The quantitative estimate of drug-likeness (QED) is 0.833. The largest absolute Gasteiger partial charge is 0.471 e. The maximum Gasteiger partial charge on any atom is 0.471 e. The van der Waals surface area contributed by atoms with Crippen LogP contribution in [0.2, 0.25) is 0 Å².